The second-order valence-corrected chi connectivity index (χ2v) is 5.44. The van der Waals surface area contributed by atoms with Gasteiger partial charge in [0.25, 0.3) is 0 Å². The Balaban J connectivity index is 1.89. The Bertz CT molecular complexity index is 243. The third kappa shape index (κ3) is 4.11. The molecule has 2 rings (SSSR count). The fourth-order valence-electron chi connectivity index (χ4n) is 3.08. The van der Waals surface area contributed by atoms with E-state index < -0.39 is 0 Å². The van der Waals surface area contributed by atoms with Crippen molar-refractivity contribution in [2.45, 2.75) is 69.9 Å². The molecule has 98 valence electrons. The molecule has 0 radical (unpaired) electrons. The summed E-state index contributed by atoms with van der Waals surface area (Å²) >= 11 is 0. The minimum Gasteiger partial charge on any atom is -0.378 e. The number of hydrogen-bond acceptors (Lipinski definition) is 2. The largest absolute Gasteiger partial charge is 0.378 e. The van der Waals surface area contributed by atoms with Crippen LogP contribution >= 0.6 is 0 Å². The summed E-state index contributed by atoms with van der Waals surface area (Å²) in [5.74, 6) is 0. The van der Waals surface area contributed by atoms with Crippen LogP contribution < -0.4 is 5.32 Å². The van der Waals surface area contributed by atoms with E-state index >= 15 is 0 Å². The highest BCUT2D eigenvalue weighted by molar-refractivity contribution is 5.12. The van der Waals surface area contributed by atoms with E-state index in [4.69, 9.17) is 4.74 Å². The number of nitrogens with one attached hydrogen (secondary N) is 1. The maximum absolute atomic E-state index is 5.76. The lowest BCUT2D eigenvalue weighted by atomic mass is 9.91. The molecule has 2 nitrogen and oxygen atoms in total. The highest BCUT2D eigenvalue weighted by Crippen LogP contribution is 2.25. The molecule has 2 heteroatoms. The Labute approximate surface area is 106 Å². The highest BCUT2D eigenvalue weighted by Gasteiger charge is 2.22. The molecule has 2 unspecified atom stereocenters. The monoisotopic (exact) mass is 237 g/mol. The van der Waals surface area contributed by atoms with Gasteiger partial charge in [-0.3, -0.25) is 0 Å². The Morgan fingerprint density at radius 1 is 1.29 bits per heavy atom. The van der Waals surface area contributed by atoms with Crippen LogP contribution in [0.1, 0.15) is 57.8 Å². The predicted octanol–water partition coefficient (Wildman–Crippen LogP) is 3.42. The normalized spacial score (nSPS) is 28.3. The van der Waals surface area contributed by atoms with Gasteiger partial charge in [-0.25, -0.2) is 0 Å². The first-order valence-corrected chi connectivity index (χ1v) is 7.38. The minimum atomic E-state index is 0.499. The van der Waals surface area contributed by atoms with Crippen molar-refractivity contribution in [2.75, 3.05) is 13.7 Å². The molecule has 1 aliphatic carbocycles. The van der Waals surface area contributed by atoms with Crippen LogP contribution in [0.5, 0.6) is 0 Å². The lowest BCUT2D eigenvalue weighted by Crippen LogP contribution is -2.31. The smallest absolute Gasteiger partial charge is 0.0594 e. The molecule has 2 atom stereocenters. The molecule has 0 amide bonds. The van der Waals surface area contributed by atoms with Crippen LogP contribution in [0, 0.1) is 0 Å². The van der Waals surface area contributed by atoms with Gasteiger partial charge in [0.05, 0.1) is 6.10 Å². The third-order valence-electron chi connectivity index (χ3n) is 4.14. The molecule has 1 N–H and O–H groups in total. The second kappa shape index (κ2) is 7.17. The van der Waals surface area contributed by atoms with Crippen LogP contribution in [-0.2, 0) is 4.74 Å². The topological polar surface area (TPSA) is 21.3 Å². The molecular weight excluding hydrogens is 210 g/mol. The summed E-state index contributed by atoms with van der Waals surface area (Å²) in [5.41, 5.74) is 1.64. The molecule has 0 aromatic rings. The zero-order chi connectivity index (χ0) is 11.9. The van der Waals surface area contributed by atoms with Gasteiger partial charge in [0.15, 0.2) is 0 Å². The fraction of sp³-hybridized carbons (Fsp3) is 0.867. The van der Waals surface area contributed by atoms with Gasteiger partial charge in [0, 0.05) is 12.6 Å². The molecule has 0 bridgehead atoms. The van der Waals surface area contributed by atoms with Crippen LogP contribution in [0.2, 0.25) is 0 Å². The molecule has 17 heavy (non-hydrogen) atoms. The molecule has 0 aromatic heterocycles. The maximum Gasteiger partial charge on any atom is 0.0594 e. The Kier molecular flexibility index (Phi) is 5.53. The van der Waals surface area contributed by atoms with Crippen LogP contribution in [0.25, 0.3) is 0 Å². The zero-order valence-corrected chi connectivity index (χ0v) is 11.2. The maximum atomic E-state index is 5.76. The van der Waals surface area contributed by atoms with E-state index in [9.17, 15) is 0 Å². The van der Waals surface area contributed by atoms with Crippen molar-refractivity contribution in [3.63, 3.8) is 0 Å². The summed E-state index contributed by atoms with van der Waals surface area (Å²) in [7, 11) is 2.10. The standard InChI is InChI=1S/C15H27NO/c1-16-15(12-14-10-7-11-17-14)13-8-5-3-2-4-6-9-13/h8,14-16H,2-7,9-12H2,1H3. The van der Waals surface area contributed by atoms with E-state index in [2.05, 4.69) is 18.4 Å². The summed E-state index contributed by atoms with van der Waals surface area (Å²) in [6.07, 6.45) is 14.8. The first-order chi connectivity index (χ1) is 8.40. The zero-order valence-electron chi connectivity index (χ0n) is 11.2. The molecular formula is C15H27NO. The fourth-order valence-corrected chi connectivity index (χ4v) is 3.08. The molecule has 1 fully saturated rings. The summed E-state index contributed by atoms with van der Waals surface area (Å²) in [6.45, 7) is 0.972. The second-order valence-electron chi connectivity index (χ2n) is 5.44. The Morgan fingerprint density at radius 3 is 2.94 bits per heavy atom. The Morgan fingerprint density at radius 2 is 2.18 bits per heavy atom. The van der Waals surface area contributed by atoms with Gasteiger partial charge in [-0.05, 0) is 52.0 Å². The highest BCUT2D eigenvalue weighted by atomic mass is 16.5. The molecule has 0 saturated carbocycles. The van der Waals surface area contributed by atoms with Crippen molar-refractivity contribution in [3.8, 4) is 0 Å². The summed E-state index contributed by atoms with van der Waals surface area (Å²) in [5, 5.41) is 3.50. The van der Waals surface area contributed by atoms with E-state index in [1.165, 1.54) is 57.8 Å². The van der Waals surface area contributed by atoms with Crippen molar-refractivity contribution in [1.82, 2.24) is 5.32 Å². The molecule has 1 heterocycles. The number of likely N-dealkylation sites (N-methyl/N-ethyl adjacent to an activating group) is 1. The SMILES string of the molecule is CNC(CC1CCCO1)C1=CCCCCCC1. The number of rotatable bonds is 4. The van der Waals surface area contributed by atoms with Gasteiger partial charge in [0.1, 0.15) is 0 Å². The van der Waals surface area contributed by atoms with Gasteiger partial charge >= 0.3 is 0 Å². The number of hydrogen-bond donors (Lipinski definition) is 1. The predicted molar refractivity (Wildman–Crippen MR) is 72.2 cm³/mol. The van der Waals surface area contributed by atoms with Crippen molar-refractivity contribution >= 4 is 0 Å². The number of allylic oxidation sites excluding steroid dienone is 1. The quantitative estimate of drug-likeness (QED) is 0.756. The molecule has 0 aromatic carbocycles. The third-order valence-corrected chi connectivity index (χ3v) is 4.14. The molecule has 1 aliphatic heterocycles. The van der Waals surface area contributed by atoms with Gasteiger partial charge in [-0.1, -0.05) is 24.5 Å². The average molecular weight is 237 g/mol. The van der Waals surface area contributed by atoms with E-state index in [-0.39, 0.29) is 0 Å². The minimum absolute atomic E-state index is 0.499. The summed E-state index contributed by atoms with van der Waals surface area (Å²) in [4.78, 5) is 0. The lowest BCUT2D eigenvalue weighted by molar-refractivity contribution is 0.0981. The van der Waals surface area contributed by atoms with Crippen LogP contribution in [0.3, 0.4) is 0 Å². The van der Waals surface area contributed by atoms with E-state index in [1.807, 2.05) is 0 Å². The lowest BCUT2D eigenvalue weighted by Gasteiger charge is -2.24. The van der Waals surface area contributed by atoms with Crippen LogP contribution in [0.15, 0.2) is 11.6 Å². The van der Waals surface area contributed by atoms with E-state index in [0.717, 1.165) is 6.61 Å². The van der Waals surface area contributed by atoms with Gasteiger partial charge in [-0.15, -0.1) is 0 Å². The van der Waals surface area contributed by atoms with Crippen molar-refractivity contribution in [1.29, 1.82) is 0 Å². The van der Waals surface area contributed by atoms with Crippen LogP contribution in [-0.4, -0.2) is 25.8 Å². The summed E-state index contributed by atoms with van der Waals surface area (Å²) < 4.78 is 5.76. The number of ether oxygens (including phenoxy) is 1. The van der Waals surface area contributed by atoms with Gasteiger partial charge in [0.2, 0.25) is 0 Å². The molecule has 0 spiro atoms. The molecule has 1 saturated heterocycles. The molecule has 2 aliphatic rings. The first kappa shape index (κ1) is 13.1. The van der Waals surface area contributed by atoms with Crippen LogP contribution in [0.4, 0.5) is 0 Å². The van der Waals surface area contributed by atoms with Gasteiger partial charge in [-0.2, -0.15) is 0 Å². The van der Waals surface area contributed by atoms with E-state index in [1.54, 1.807) is 5.57 Å². The summed E-state index contributed by atoms with van der Waals surface area (Å²) in [6, 6.07) is 0.552. The van der Waals surface area contributed by atoms with Crippen molar-refractivity contribution in [3.05, 3.63) is 11.6 Å². The van der Waals surface area contributed by atoms with Crippen molar-refractivity contribution in [2.24, 2.45) is 0 Å². The first-order valence-electron chi connectivity index (χ1n) is 7.38. The Hall–Kier alpha value is -0.340. The van der Waals surface area contributed by atoms with Gasteiger partial charge < -0.3 is 10.1 Å². The average Bonchev–Trinajstić information content (AvgIpc) is 2.79. The van der Waals surface area contributed by atoms with E-state index in [0.29, 0.717) is 12.1 Å². The van der Waals surface area contributed by atoms with Crippen molar-refractivity contribution < 1.29 is 4.74 Å².